The largest absolute Gasteiger partial charge is 0.417 e. The number of pyridine rings is 1. The van der Waals surface area contributed by atoms with Crippen LogP contribution in [0.2, 0.25) is 0 Å². The van der Waals surface area contributed by atoms with Gasteiger partial charge in [-0.1, -0.05) is 46.0 Å². The highest BCUT2D eigenvalue weighted by Crippen LogP contribution is 2.33. The second-order valence-electron chi connectivity index (χ2n) is 5.34. The fraction of sp³-hybridized carbons (Fsp3) is 0.688. The van der Waals surface area contributed by atoms with Gasteiger partial charge >= 0.3 is 6.18 Å². The molecule has 1 atom stereocenters. The molecule has 0 aliphatic rings. The molecule has 0 saturated carbocycles. The molecule has 4 heteroatoms. The Morgan fingerprint density at radius 1 is 1.00 bits per heavy atom. The Hall–Kier alpha value is -1.06. The number of aromatic nitrogens is 1. The molecule has 1 rings (SSSR count). The van der Waals surface area contributed by atoms with Crippen molar-refractivity contribution in [1.29, 1.82) is 0 Å². The van der Waals surface area contributed by atoms with Crippen LogP contribution < -0.4 is 0 Å². The Labute approximate surface area is 119 Å². The van der Waals surface area contributed by atoms with Crippen LogP contribution >= 0.6 is 0 Å². The van der Waals surface area contributed by atoms with E-state index in [1.54, 1.807) is 6.20 Å². The van der Waals surface area contributed by atoms with E-state index in [1.807, 2.05) is 0 Å². The number of nitrogens with zero attached hydrogens (tertiary/aromatic N) is 1. The second kappa shape index (κ2) is 8.28. The Balaban J connectivity index is 2.75. The van der Waals surface area contributed by atoms with E-state index in [4.69, 9.17) is 0 Å². The molecule has 0 aromatic carbocycles. The summed E-state index contributed by atoms with van der Waals surface area (Å²) < 4.78 is 38.2. The van der Waals surface area contributed by atoms with Gasteiger partial charge in [0.15, 0.2) is 0 Å². The topological polar surface area (TPSA) is 12.9 Å². The van der Waals surface area contributed by atoms with Crippen LogP contribution in [0.25, 0.3) is 0 Å². The van der Waals surface area contributed by atoms with E-state index in [9.17, 15) is 13.2 Å². The Morgan fingerprint density at radius 2 is 1.75 bits per heavy atom. The molecule has 0 saturated heterocycles. The summed E-state index contributed by atoms with van der Waals surface area (Å²) in [6, 6.07) is 1.27. The quantitative estimate of drug-likeness (QED) is 0.538. The van der Waals surface area contributed by atoms with E-state index in [1.165, 1.54) is 18.9 Å². The van der Waals surface area contributed by atoms with Crippen LogP contribution in [-0.2, 0) is 6.18 Å². The lowest BCUT2D eigenvalue weighted by molar-refractivity contribution is -0.137. The van der Waals surface area contributed by atoms with E-state index in [0.29, 0.717) is 0 Å². The average molecular weight is 287 g/mol. The maximum Gasteiger partial charge on any atom is 0.417 e. The van der Waals surface area contributed by atoms with Gasteiger partial charge in [-0.25, -0.2) is 0 Å². The molecule has 114 valence electrons. The van der Waals surface area contributed by atoms with Crippen molar-refractivity contribution in [2.45, 2.75) is 70.9 Å². The first-order valence-corrected chi connectivity index (χ1v) is 7.51. The highest BCUT2D eigenvalue weighted by atomic mass is 19.4. The van der Waals surface area contributed by atoms with Crippen LogP contribution in [0, 0.1) is 0 Å². The first kappa shape index (κ1) is 17.0. The molecule has 0 amide bonds. The second-order valence-corrected chi connectivity index (χ2v) is 5.34. The smallest absolute Gasteiger partial charge is 0.264 e. The van der Waals surface area contributed by atoms with Crippen molar-refractivity contribution >= 4 is 0 Å². The molecule has 0 spiro atoms. The number of unbranched alkanes of at least 4 members (excludes halogenated alkanes) is 3. The summed E-state index contributed by atoms with van der Waals surface area (Å²) in [7, 11) is 0. The predicted octanol–water partition coefficient (Wildman–Crippen LogP) is 5.95. The van der Waals surface area contributed by atoms with Gasteiger partial charge in [-0.15, -0.1) is 0 Å². The summed E-state index contributed by atoms with van der Waals surface area (Å²) in [6.07, 6.45) is 5.66. The van der Waals surface area contributed by atoms with E-state index >= 15 is 0 Å². The van der Waals surface area contributed by atoms with Crippen molar-refractivity contribution < 1.29 is 13.2 Å². The van der Waals surface area contributed by atoms with Gasteiger partial charge in [-0.3, -0.25) is 4.98 Å². The molecule has 1 nitrogen and oxygen atoms in total. The zero-order chi connectivity index (χ0) is 15.0. The number of hydrogen-bond donors (Lipinski definition) is 0. The molecular formula is C16H24F3N. The van der Waals surface area contributed by atoms with Crippen molar-refractivity contribution in [3.8, 4) is 0 Å². The zero-order valence-electron chi connectivity index (χ0n) is 12.3. The number of alkyl halides is 3. The minimum atomic E-state index is -4.30. The normalized spacial score (nSPS) is 13.4. The van der Waals surface area contributed by atoms with Crippen LogP contribution in [0.4, 0.5) is 13.2 Å². The maximum atomic E-state index is 12.7. The molecule has 1 unspecified atom stereocenters. The van der Waals surface area contributed by atoms with Crippen LogP contribution in [0.3, 0.4) is 0 Å². The SMILES string of the molecule is CCCCCCC(CCC)c1cncc(C(F)(F)F)c1. The van der Waals surface area contributed by atoms with Crippen molar-refractivity contribution in [3.05, 3.63) is 29.6 Å². The van der Waals surface area contributed by atoms with Gasteiger partial charge in [0.1, 0.15) is 0 Å². The summed E-state index contributed by atoms with van der Waals surface area (Å²) in [4.78, 5) is 3.78. The van der Waals surface area contributed by atoms with Crippen LogP contribution in [0.1, 0.15) is 75.8 Å². The first-order chi connectivity index (χ1) is 9.49. The summed E-state index contributed by atoms with van der Waals surface area (Å²) in [5, 5.41) is 0. The van der Waals surface area contributed by atoms with E-state index in [0.717, 1.165) is 43.9 Å². The molecule has 1 aromatic rings. The van der Waals surface area contributed by atoms with Gasteiger partial charge in [0.05, 0.1) is 5.56 Å². The summed E-state index contributed by atoms with van der Waals surface area (Å²) in [5.41, 5.74) is 0.0998. The lowest BCUT2D eigenvalue weighted by Gasteiger charge is -2.17. The highest BCUT2D eigenvalue weighted by Gasteiger charge is 2.31. The van der Waals surface area contributed by atoms with Gasteiger partial charge in [0, 0.05) is 12.4 Å². The third-order valence-corrected chi connectivity index (χ3v) is 3.60. The molecule has 0 N–H and O–H groups in total. The molecule has 0 fully saturated rings. The van der Waals surface area contributed by atoms with Gasteiger partial charge in [0.2, 0.25) is 0 Å². The van der Waals surface area contributed by atoms with Gasteiger partial charge in [-0.2, -0.15) is 13.2 Å². The monoisotopic (exact) mass is 287 g/mol. The van der Waals surface area contributed by atoms with E-state index in [2.05, 4.69) is 18.8 Å². The fourth-order valence-electron chi connectivity index (χ4n) is 2.48. The lowest BCUT2D eigenvalue weighted by Crippen LogP contribution is -2.08. The van der Waals surface area contributed by atoms with E-state index < -0.39 is 11.7 Å². The van der Waals surface area contributed by atoms with Crippen molar-refractivity contribution in [2.24, 2.45) is 0 Å². The highest BCUT2D eigenvalue weighted by molar-refractivity contribution is 5.23. The third kappa shape index (κ3) is 5.51. The standard InChI is InChI=1S/C16H24F3N/c1-3-5-6-7-9-13(8-4-2)14-10-15(12-20-11-14)16(17,18)19/h10-13H,3-9H2,1-2H3. The molecule has 0 aliphatic heterocycles. The molecular weight excluding hydrogens is 263 g/mol. The molecule has 0 bridgehead atoms. The Kier molecular flexibility index (Phi) is 7.03. The fourth-order valence-corrected chi connectivity index (χ4v) is 2.48. The van der Waals surface area contributed by atoms with Crippen molar-refractivity contribution in [2.75, 3.05) is 0 Å². The molecule has 0 aliphatic carbocycles. The summed E-state index contributed by atoms with van der Waals surface area (Å²) in [6.45, 7) is 4.22. The van der Waals surface area contributed by atoms with Crippen LogP contribution in [0.15, 0.2) is 18.5 Å². The molecule has 1 aromatic heterocycles. The minimum Gasteiger partial charge on any atom is -0.264 e. The molecule has 1 heterocycles. The third-order valence-electron chi connectivity index (χ3n) is 3.60. The average Bonchev–Trinajstić information content (AvgIpc) is 2.41. The summed E-state index contributed by atoms with van der Waals surface area (Å²) >= 11 is 0. The minimum absolute atomic E-state index is 0.201. The van der Waals surface area contributed by atoms with Gasteiger partial charge in [-0.05, 0) is 30.4 Å². The Morgan fingerprint density at radius 3 is 2.35 bits per heavy atom. The maximum absolute atomic E-state index is 12.7. The lowest BCUT2D eigenvalue weighted by atomic mass is 9.89. The van der Waals surface area contributed by atoms with Gasteiger partial charge < -0.3 is 0 Å². The zero-order valence-corrected chi connectivity index (χ0v) is 12.3. The van der Waals surface area contributed by atoms with Gasteiger partial charge in [0.25, 0.3) is 0 Å². The Bertz CT molecular complexity index is 388. The van der Waals surface area contributed by atoms with Crippen LogP contribution in [-0.4, -0.2) is 4.98 Å². The number of halogens is 3. The number of rotatable bonds is 8. The molecule has 20 heavy (non-hydrogen) atoms. The van der Waals surface area contributed by atoms with Crippen molar-refractivity contribution in [1.82, 2.24) is 4.98 Å². The van der Waals surface area contributed by atoms with Crippen LogP contribution in [0.5, 0.6) is 0 Å². The van der Waals surface area contributed by atoms with E-state index in [-0.39, 0.29) is 5.92 Å². The predicted molar refractivity (Wildman–Crippen MR) is 75.6 cm³/mol. The molecule has 0 radical (unpaired) electrons. The number of hydrogen-bond acceptors (Lipinski definition) is 1. The first-order valence-electron chi connectivity index (χ1n) is 7.51. The van der Waals surface area contributed by atoms with Crippen molar-refractivity contribution in [3.63, 3.8) is 0 Å². The summed E-state index contributed by atoms with van der Waals surface area (Å²) in [5.74, 6) is 0.201.